The predicted molar refractivity (Wildman–Crippen MR) is 181 cm³/mol. The van der Waals surface area contributed by atoms with Gasteiger partial charge in [0.25, 0.3) is 0 Å². The maximum Gasteiger partial charge on any atom is 0.330 e. The lowest BCUT2D eigenvalue weighted by Crippen LogP contribution is -2.40. The van der Waals surface area contributed by atoms with Crippen LogP contribution in [0.15, 0.2) is 96.8 Å². The zero-order valence-electron chi connectivity index (χ0n) is 26.5. The molecule has 0 saturated carbocycles. The molecule has 43 heavy (non-hydrogen) atoms. The molecule has 6 nitrogen and oxygen atoms in total. The molecular weight excluding hydrogens is 556 g/mol. The SMILES string of the molecule is CCOC(=O)/C=C/CN1/C(=C/C=C/C2N(C/C=C/C(=O)OCC)c3ccccc3C2(C)C)C(C)(C)c2ccccc21.CS. The Kier molecular flexibility index (Phi) is 11.9. The van der Waals surface area contributed by atoms with Crippen LogP contribution in [0.2, 0.25) is 0 Å². The van der Waals surface area contributed by atoms with E-state index in [9.17, 15) is 9.59 Å². The van der Waals surface area contributed by atoms with Gasteiger partial charge in [-0.25, -0.2) is 9.59 Å². The lowest BCUT2D eigenvalue weighted by molar-refractivity contribution is -0.138. The fourth-order valence-corrected chi connectivity index (χ4v) is 6.01. The van der Waals surface area contributed by atoms with Crippen LogP contribution in [0.5, 0.6) is 0 Å². The fourth-order valence-electron chi connectivity index (χ4n) is 6.01. The Bertz CT molecular complexity index is 1390. The van der Waals surface area contributed by atoms with Gasteiger partial charge in [-0.15, -0.1) is 0 Å². The van der Waals surface area contributed by atoms with Gasteiger partial charge < -0.3 is 19.3 Å². The molecule has 0 radical (unpaired) electrons. The van der Waals surface area contributed by atoms with Crippen molar-refractivity contribution in [1.29, 1.82) is 0 Å². The first-order valence-electron chi connectivity index (χ1n) is 14.9. The van der Waals surface area contributed by atoms with Crippen LogP contribution in [0.3, 0.4) is 0 Å². The van der Waals surface area contributed by atoms with E-state index in [1.165, 1.54) is 29.0 Å². The van der Waals surface area contributed by atoms with Gasteiger partial charge in [-0.1, -0.05) is 88.4 Å². The summed E-state index contributed by atoms with van der Waals surface area (Å²) in [6.45, 7) is 14.5. The van der Waals surface area contributed by atoms with Crippen molar-refractivity contribution in [3.8, 4) is 0 Å². The first kappa shape index (κ1) is 33.8. The number of ether oxygens (including phenoxy) is 2. The predicted octanol–water partition coefficient (Wildman–Crippen LogP) is 7.18. The Hall–Kier alpha value is -3.71. The van der Waals surface area contributed by atoms with Gasteiger partial charge in [0.15, 0.2) is 0 Å². The van der Waals surface area contributed by atoms with Gasteiger partial charge in [0.1, 0.15) is 0 Å². The fraction of sp³-hybridized carbons (Fsp3) is 0.389. The number of para-hydroxylation sites is 2. The maximum atomic E-state index is 11.9. The van der Waals surface area contributed by atoms with E-state index in [-0.39, 0.29) is 28.8 Å². The molecule has 4 rings (SSSR count). The van der Waals surface area contributed by atoms with Crippen molar-refractivity contribution in [2.24, 2.45) is 0 Å². The summed E-state index contributed by atoms with van der Waals surface area (Å²) in [5, 5.41) is 0. The molecule has 0 aliphatic carbocycles. The quantitative estimate of drug-likeness (QED) is 0.177. The van der Waals surface area contributed by atoms with E-state index in [0.29, 0.717) is 26.3 Å². The van der Waals surface area contributed by atoms with Crippen LogP contribution in [0, 0.1) is 0 Å². The number of nitrogens with zero attached hydrogens (tertiary/aromatic N) is 2. The number of hydrogen-bond donors (Lipinski definition) is 1. The number of rotatable bonds is 10. The zero-order chi connectivity index (χ0) is 31.6. The van der Waals surface area contributed by atoms with Gasteiger partial charge in [-0.2, -0.15) is 12.6 Å². The van der Waals surface area contributed by atoms with Gasteiger partial charge in [-0.05, 0) is 49.4 Å². The molecule has 2 aliphatic rings. The average molecular weight is 603 g/mol. The minimum absolute atomic E-state index is 0.0765. The normalized spacial score (nSPS) is 19.1. The molecule has 2 aromatic carbocycles. The second kappa shape index (κ2) is 15.1. The summed E-state index contributed by atoms with van der Waals surface area (Å²) in [7, 11) is 0. The van der Waals surface area contributed by atoms with Crippen LogP contribution in [-0.2, 0) is 29.9 Å². The number of allylic oxidation sites excluding steroid dienone is 3. The van der Waals surface area contributed by atoms with Crippen molar-refractivity contribution < 1.29 is 19.1 Å². The molecule has 0 N–H and O–H groups in total. The Labute approximate surface area is 263 Å². The van der Waals surface area contributed by atoms with E-state index in [1.54, 1.807) is 13.2 Å². The van der Waals surface area contributed by atoms with E-state index in [1.807, 2.05) is 19.1 Å². The largest absolute Gasteiger partial charge is 0.463 e. The molecule has 2 aromatic rings. The van der Waals surface area contributed by atoms with Gasteiger partial charge in [0, 0.05) is 53.1 Å². The molecule has 2 heterocycles. The minimum Gasteiger partial charge on any atom is -0.463 e. The topological polar surface area (TPSA) is 59.1 Å². The monoisotopic (exact) mass is 602 g/mol. The Morgan fingerprint density at radius 1 is 0.814 bits per heavy atom. The summed E-state index contributed by atoms with van der Waals surface area (Å²) in [5.74, 6) is -0.652. The molecule has 1 unspecified atom stereocenters. The second-order valence-electron chi connectivity index (χ2n) is 11.3. The van der Waals surface area contributed by atoms with E-state index in [0.717, 1.165) is 11.4 Å². The van der Waals surface area contributed by atoms with Crippen molar-refractivity contribution in [3.05, 3.63) is 108 Å². The minimum atomic E-state index is -0.329. The molecule has 1 atom stereocenters. The molecule has 0 amide bonds. The third-order valence-corrected chi connectivity index (χ3v) is 8.00. The summed E-state index contributed by atoms with van der Waals surface area (Å²) in [5.41, 5.74) is 5.66. The van der Waals surface area contributed by atoms with Crippen molar-refractivity contribution in [1.82, 2.24) is 0 Å². The third kappa shape index (κ3) is 7.45. The molecule has 230 valence electrons. The standard InChI is InChI=1S/C35H42N2O4.CH4S/c1-7-40-32(38)22-14-24-36-28-18-11-9-16-26(28)34(3,4)30(36)20-13-21-31-35(5,6)27-17-10-12-19-29(27)37(31)25-15-23-33(39)41-8-2;1-2/h9-23,30H,7-8,24-25H2,1-6H3;2H,1H3/b20-13+,22-14+,23-15+,31-21+;. The number of carbonyl (C=O) groups is 2. The maximum absolute atomic E-state index is 11.9. The Balaban J connectivity index is 0.00000248. The van der Waals surface area contributed by atoms with Crippen molar-refractivity contribution >= 4 is 35.9 Å². The van der Waals surface area contributed by atoms with Crippen LogP contribution in [-0.4, -0.2) is 50.5 Å². The highest BCUT2D eigenvalue weighted by Crippen LogP contribution is 2.48. The van der Waals surface area contributed by atoms with Crippen LogP contribution in [0.25, 0.3) is 0 Å². The van der Waals surface area contributed by atoms with Crippen LogP contribution < -0.4 is 9.80 Å². The highest BCUT2D eigenvalue weighted by molar-refractivity contribution is 7.79. The second-order valence-corrected chi connectivity index (χ2v) is 11.3. The molecule has 2 aliphatic heterocycles. The van der Waals surface area contributed by atoms with Gasteiger partial charge in [0.2, 0.25) is 0 Å². The van der Waals surface area contributed by atoms with Gasteiger partial charge >= 0.3 is 11.9 Å². The van der Waals surface area contributed by atoms with E-state index < -0.39 is 0 Å². The van der Waals surface area contributed by atoms with Crippen molar-refractivity contribution in [2.45, 2.75) is 58.4 Å². The molecular formula is C36H46N2O4S. The summed E-state index contributed by atoms with van der Waals surface area (Å²) < 4.78 is 10.1. The number of benzene rings is 2. The molecule has 0 aromatic heterocycles. The number of fused-ring (bicyclic) bond motifs is 2. The molecule has 0 spiro atoms. The highest BCUT2D eigenvalue weighted by atomic mass is 32.1. The van der Waals surface area contributed by atoms with E-state index in [4.69, 9.17) is 9.47 Å². The lowest BCUT2D eigenvalue weighted by Gasteiger charge is -2.32. The van der Waals surface area contributed by atoms with Gasteiger partial charge in [-0.3, -0.25) is 0 Å². The smallest absolute Gasteiger partial charge is 0.330 e. The third-order valence-electron chi connectivity index (χ3n) is 8.00. The number of thiol groups is 1. The summed E-state index contributed by atoms with van der Waals surface area (Å²) >= 11 is 3.53. The average Bonchev–Trinajstić information content (AvgIpc) is 3.34. The number of anilines is 2. The van der Waals surface area contributed by atoms with Crippen LogP contribution >= 0.6 is 12.6 Å². The van der Waals surface area contributed by atoms with Gasteiger partial charge in [0.05, 0.1) is 19.3 Å². The lowest BCUT2D eigenvalue weighted by atomic mass is 9.80. The Morgan fingerprint density at radius 3 is 1.95 bits per heavy atom. The van der Waals surface area contributed by atoms with Crippen molar-refractivity contribution in [3.63, 3.8) is 0 Å². The number of carbonyl (C=O) groups excluding carboxylic acids is 2. The van der Waals surface area contributed by atoms with Crippen molar-refractivity contribution in [2.75, 3.05) is 42.4 Å². The van der Waals surface area contributed by atoms with E-state index >= 15 is 0 Å². The zero-order valence-corrected chi connectivity index (χ0v) is 27.4. The van der Waals surface area contributed by atoms with Crippen LogP contribution in [0.4, 0.5) is 11.4 Å². The number of hydrogen-bond acceptors (Lipinski definition) is 7. The Morgan fingerprint density at radius 2 is 1.35 bits per heavy atom. The number of esters is 2. The highest BCUT2D eigenvalue weighted by Gasteiger charge is 2.43. The molecule has 0 saturated heterocycles. The molecule has 7 heteroatoms. The first-order chi connectivity index (χ1) is 20.6. The van der Waals surface area contributed by atoms with Crippen LogP contribution in [0.1, 0.15) is 52.7 Å². The first-order valence-corrected chi connectivity index (χ1v) is 15.8. The molecule has 0 bridgehead atoms. The summed E-state index contributed by atoms with van der Waals surface area (Å²) in [4.78, 5) is 28.5. The summed E-state index contributed by atoms with van der Waals surface area (Å²) in [6.07, 6.45) is 15.1. The van der Waals surface area contributed by atoms with E-state index in [2.05, 4.69) is 117 Å². The summed E-state index contributed by atoms with van der Waals surface area (Å²) in [6, 6.07) is 17.0. The molecule has 0 fully saturated rings.